The molecule has 92 valence electrons. The summed E-state index contributed by atoms with van der Waals surface area (Å²) in [5, 5.41) is 8.47. The molecule has 0 fully saturated rings. The number of aliphatic carboxylic acids is 1. The van der Waals surface area contributed by atoms with Crippen LogP contribution in [-0.4, -0.2) is 35.5 Å². The second-order valence-electron chi connectivity index (χ2n) is 3.76. The van der Waals surface area contributed by atoms with Gasteiger partial charge in [0.2, 0.25) is 5.91 Å². The molecule has 0 aromatic heterocycles. The molecule has 16 heavy (non-hydrogen) atoms. The summed E-state index contributed by atoms with van der Waals surface area (Å²) in [5.74, 6) is -0.870. The molecule has 1 amide bonds. The minimum atomic E-state index is -0.873. The molecule has 0 aromatic rings. The molecule has 0 heterocycles. The molecular formula is C12H21NO3. The van der Waals surface area contributed by atoms with Crippen LogP contribution >= 0.6 is 0 Å². The maximum atomic E-state index is 11.5. The van der Waals surface area contributed by atoms with Crippen LogP contribution in [0.5, 0.6) is 0 Å². The Morgan fingerprint density at radius 3 is 2.38 bits per heavy atom. The van der Waals surface area contributed by atoms with E-state index in [0.29, 0.717) is 6.42 Å². The first-order chi connectivity index (χ1) is 7.57. The van der Waals surface area contributed by atoms with E-state index in [2.05, 4.69) is 13.0 Å². The van der Waals surface area contributed by atoms with Gasteiger partial charge >= 0.3 is 5.97 Å². The first-order valence-electron chi connectivity index (χ1n) is 5.68. The minimum absolute atomic E-state index is 0.00222. The Hall–Kier alpha value is -1.32. The first kappa shape index (κ1) is 14.7. The number of carbonyl (C=O) groups is 2. The van der Waals surface area contributed by atoms with Crippen molar-refractivity contribution in [2.24, 2.45) is 0 Å². The third-order valence-electron chi connectivity index (χ3n) is 2.23. The van der Waals surface area contributed by atoms with Crippen molar-refractivity contribution in [3.63, 3.8) is 0 Å². The number of carbonyl (C=O) groups excluding carboxylic acids is 1. The molecule has 0 bridgehead atoms. The number of hydrogen-bond acceptors (Lipinski definition) is 2. The summed E-state index contributed by atoms with van der Waals surface area (Å²) >= 11 is 0. The Morgan fingerprint density at radius 1 is 1.19 bits per heavy atom. The van der Waals surface area contributed by atoms with E-state index in [0.717, 1.165) is 19.3 Å². The maximum Gasteiger partial charge on any atom is 0.305 e. The van der Waals surface area contributed by atoms with E-state index in [1.54, 1.807) is 7.05 Å². The van der Waals surface area contributed by atoms with Gasteiger partial charge in [0.05, 0.1) is 6.42 Å². The monoisotopic (exact) mass is 227 g/mol. The molecule has 0 atom stereocenters. The lowest BCUT2D eigenvalue weighted by Crippen LogP contribution is -2.28. The van der Waals surface area contributed by atoms with Crippen molar-refractivity contribution in [2.75, 3.05) is 13.6 Å². The molecule has 0 aliphatic rings. The zero-order valence-corrected chi connectivity index (χ0v) is 10.1. The predicted octanol–water partition coefficient (Wildman–Crippen LogP) is 2.06. The number of carboxylic acids is 1. The molecule has 0 aliphatic heterocycles. The van der Waals surface area contributed by atoms with E-state index < -0.39 is 5.97 Å². The van der Waals surface area contributed by atoms with Crippen molar-refractivity contribution in [1.29, 1.82) is 0 Å². The van der Waals surface area contributed by atoms with Gasteiger partial charge in [-0.25, -0.2) is 0 Å². The van der Waals surface area contributed by atoms with Gasteiger partial charge in [0, 0.05) is 20.0 Å². The van der Waals surface area contributed by atoms with Gasteiger partial charge in [0.1, 0.15) is 0 Å². The molecule has 0 spiro atoms. The fraction of sp³-hybridized carbons (Fsp3) is 0.667. The van der Waals surface area contributed by atoms with E-state index in [-0.39, 0.29) is 18.9 Å². The smallest absolute Gasteiger partial charge is 0.305 e. The highest BCUT2D eigenvalue weighted by Gasteiger charge is 2.08. The lowest BCUT2D eigenvalue weighted by atomic mass is 10.2. The average molecular weight is 227 g/mol. The Kier molecular flexibility index (Phi) is 8.21. The summed E-state index contributed by atoms with van der Waals surface area (Å²) in [7, 11) is 1.64. The second-order valence-corrected chi connectivity index (χ2v) is 3.76. The summed E-state index contributed by atoms with van der Waals surface area (Å²) in [5.41, 5.74) is 0. The van der Waals surface area contributed by atoms with Crippen molar-refractivity contribution in [2.45, 2.75) is 39.0 Å². The lowest BCUT2D eigenvalue weighted by molar-refractivity contribution is -0.138. The summed E-state index contributed by atoms with van der Waals surface area (Å²) in [6.07, 6.45) is 7.43. The largest absolute Gasteiger partial charge is 0.481 e. The van der Waals surface area contributed by atoms with Crippen LogP contribution in [0.25, 0.3) is 0 Å². The van der Waals surface area contributed by atoms with Gasteiger partial charge in [-0.2, -0.15) is 0 Å². The number of hydrogen-bond donors (Lipinski definition) is 1. The zero-order chi connectivity index (χ0) is 12.4. The van der Waals surface area contributed by atoms with Crippen LogP contribution in [0.2, 0.25) is 0 Å². The van der Waals surface area contributed by atoms with Crippen molar-refractivity contribution < 1.29 is 14.7 Å². The number of rotatable bonds is 8. The maximum absolute atomic E-state index is 11.5. The van der Waals surface area contributed by atoms with Gasteiger partial charge in [0.25, 0.3) is 0 Å². The predicted molar refractivity (Wildman–Crippen MR) is 63.2 cm³/mol. The van der Waals surface area contributed by atoms with Gasteiger partial charge < -0.3 is 10.0 Å². The molecule has 0 rings (SSSR count). The molecule has 0 aliphatic carbocycles. The van der Waals surface area contributed by atoms with Crippen LogP contribution in [0, 0.1) is 0 Å². The van der Waals surface area contributed by atoms with Crippen LogP contribution in [-0.2, 0) is 9.59 Å². The van der Waals surface area contributed by atoms with E-state index >= 15 is 0 Å². The number of unbranched alkanes of at least 4 members (excludes halogenated alkanes) is 1. The third-order valence-corrected chi connectivity index (χ3v) is 2.23. The first-order valence-corrected chi connectivity index (χ1v) is 5.68. The topological polar surface area (TPSA) is 57.6 Å². The van der Waals surface area contributed by atoms with Gasteiger partial charge in [-0.3, -0.25) is 9.59 Å². The Labute approximate surface area is 96.9 Å². The van der Waals surface area contributed by atoms with Crippen molar-refractivity contribution >= 4 is 11.9 Å². The van der Waals surface area contributed by atoms with Crippen molar-refractivity contribution in [3.05, 3.63) is 12.2 Å². The van der Waals surface area contributed by atoms with Crippen LogP contribution < -0.4 is 0 Å². The summed E-state index contributed by atoms with van der Waals surface area (Å²) < 4.78 is 0. The van der Waals surface area contributed by atoms with E-state index in [9.17, 15) is 9.59 Å². The summed E-state index contributed by atoms with van der Waals surface area (Å²) in [6, 6.07) is 0. The molecule has 0 saturated heterocycles. The highest BCUT2D eigenvalue weighted by molar-refractivity contribution is 5.76. The summed E-state index contributed by atoms with van der Waals surface area (Å²) in [4.78, 5) is 23.3. The Balaban J connectivity index is 3.66. The lowest BCUT2D eigenvalue weighted by Gasteiger charge is -2.15. The normalized spacial score (nSPS) is 10.6. The summed E-state index contributed by atoms with van der Waals surface area (Å²) in [6.45, 7) is 2.39. The Bertz CT molecular complexity index is 249. The molecule has 4 nitrogen and oxygen atoms in total. The SMILES string of the molecule is CCC/C=C/CCC(=O)N(C)CCC(=O)O. The number of allylic oxidation sites excluding steroid dienone is 2. The van der Waals surface area contributed by atoms with Crippen LogP contribution in [0.3, 0.4) is 0 Å². The minimum Gasteiger partial charge on any atom is -0.481 e. The molecule has 0 unspecified atom stereocenters. The fourth-order valence-corrected chi connectivity index (χ4v) is 1.19. The van der Waals surface area contributed by atoms with Crippen LogP contribution in [0.15, 0.2) is 12.2 Å². The van der Waals surface area contributed by atoms with E-state index in [1.165, 1.54) is 4.90 Å². The number of carboxylic acid groups (broad SMARTS) is 1. The molecule has 0 aromatic carbocycles. The fourth-order valence-electron chi connectivity index (χ4n) is 1.19. The van der Waals surface area contributed by atoms with Gasteiger partial charge in [-0.05, 0) is 12.8 Å². The van der Waals surface area contributed by atoms with Crippen LogP contribution in [0.1, 0.15) is 39.0 Å². The van der Waals surface area contributed by atoms with E-state index in [1.807, 2.05) is 6.08 Å². The molecule has 4 heteroatoms. The highest BCUT2D eigenvalue weighted by atomic mass is 16.4. The van der Waals surface area contributed by atoms with Crippen molar-refractivity contribution in [1.82, 2.24) is 4.90 Å². The molecule has 0 radical (unpaired) electrons. The molecular weight excluding hydrogens is 206 g/mol. The van der Waals surface area contributed by atoms with Gasteiger partial charge in [-0.15, -0.1) is 0 Å². The second kappa shape index (κ2) is 8.95. The quantitative estimate of drug-likeness (QED) is 0.646. The van der Waals surface area contributed by atoms with E-state index in [4.69, 9.17) is 5.11 Å². The zero-order valence-electron chi connectivity index (χ0n) is 10.1. The number of nitrogens with zero attached hydrogens (tertiary/aromatic N) is 1. The number of amides is 1. The van der Waals surface area contributed by atoms with Crippen molar-refractivity contribution in [3.8, 4) is 0 Å². The van der Waals surface area contributed by atoms with Gasteiger partial charge in [-0.1, -0.05) is 25.5 Å². The van der Waals surface area contributed by atoms with Gasteiger partial charge in [0.15, 0.2) is 0 Å². The third kappa shape index (κ3) is 8.03. The van der Waals surface area contributed by atoms with Crippen LogP contribution in [0.4, 0.5) is 0 Å². The standard InChI is InChI=1S/C12H21NO3/c1-3-4-5-6-7-8-11(14)13(2)10-9-12(15)16/h5-6H,3-4,7-10H2,1-2H3,(H,15,16)/b6-5+. The average Bonchev–Trinajstić information content (AvgIpc) is 2.25. The Morgan fingerprint density at radius 2 is 1.81 bits per heavy atom. The highest BCUT2D eigenvalue weighted by Crippen LogP contribution is 1.99. The molecule has 0 saturated carbocycles. The molecule has 1 N–H and O–H groups in total.